The second-order valence-electron chi connectivity index (χ2n) is 10.3. The predicted molar refractivity (Wildman–Crippen MR) is 155 cm³/mol. The van der Waals surface area contributed by atoms with E-state index in [1.807, 2.05) is 66.7 Å². The number of rotatable bonds is 8. The summed E-state index contributed by atoms with van der Waals surface area (Å²) in [4.78, 5) is 31.3. The van der Waals surface area contributed by atoms with Gasteiger partial charge in [-0.3, -0.25) is 14.5 Å². The maximum absolute atomic E-state index is 12.8. The molecule has 0 bridgehead atoms. The lowest BCUT2D eigenvalue weighted by molar-refractivity contribution is -0.268. The third-order valence-corrected chi connectivity index (χ3v) is 8.66. The van der Waals surface area contributed by atoms with Gasteiger partial charge in [0.2, 0.25) is 0 Å². The normalized spacial score (nSPS) is 22.1. The first-order chi connectivity index (χ1) is 20.0. The summed E-state index contributed by atoms with van der Waals surface area (Å²) in [5.41, 5.74) is 4.46. The highest BCUT2D eigenvalue weighted by Gasteiger charge is 2.39. The Morgan fingerprint density at radius 1 is 0.805 bits per heavy atom. The lowest BCUT2D eigenvalue weighted by Gasteiger charge is -2.41. The smallest absolute Gasteiger partial charge is 0.261 e. The number of thioether (sulfide) groups is 1. The molecule has 208 valence electrons. The van der Waals surface area contributed by atoms with Crippen molar-refractivity contribution in [2.24, 2.45) is 5.92 Å². The first-order valence-electron chi connectivity index (χ1n) is 13.6. The zero-order valence-corrected chi connectivity index (χ0v) is 23.4. The van der Waals surface area contributed by atoms with Crippen LogP contribution < -0.4 is 0 Å². The van der Waals surface area contributed by atoms with Crippen LogP contribution in [0.3, 0.4) is 0 Å². The van der Waals surface area contributed by atoms with Gasteiger partial charge in [0, 0.05) is 23.4 Å². The molecule has 1 aromatic heterocycles. The highest BCUT2D eigenvalue weighted by atomic mass is 32.2. The molecule has 4 atom stereocenters. The summed E-state index contributed by atoms with van der Waals surface area (Å²) in [6.07, 6.45) is 0.862. The fraction of sp³-hybridized carbons (Fsp3) is 0.242. The number of fused-ring (bicyclic) bond motifs is 1. The van der Waals surface area contributed by atoms with E-state index in [-0.39, 0.29) is 43.1 Å². The van der Waals surface area contributed by atoms with Gasteiger partial charge >= 0.3 is 0 Å². The summed E-state index contributed by atoms with van der Waals surface area (Å²) in [5, 5.41) is 10.4. The van der Waals surface area contributed by atoms with Crippen LogP contribution in [0.15, 0.2) is 102 Å². The van der Waals surface area contributed by atoms with Gasteiger partial charge in [-0.05, 0) is 41.0 Å². The van der Waals surface area contributed by atoms with Gasteiger partial charge in [-0.2, -0.15) is 0 Å². The van der Waals surface area contributed by atoms with E-state index in [4.69, 9.17) is 9.47 Å². The van der Waals surface area contributed by atoms with Crippen molar-refractivity contribution in [2.75, 3.05) is 5.75 Å². The van der Waals surface area contributed by atoms with Crippen LogP contribution in [-0.4, -0.2) is 38.7 Å². The number of aromatic nitrogens is 1. The standard InChI is InChI=1S/C33H30N2O5S/c1-21-28(20-41-29-8-4-5-17-34-29)39-33(40-30(21)24-13-11-23(19-36)12-14-24)25-15-9-22(10-16-25)18-35-31(37)26-6-2-3-7-27(26)32(35)38/h2-17,21,28,30,33,36H,18-20H2,1H3. The van der Waals surface area contributed by atoms with Crippen LogP contribution in [0.2, 0.25) is 0 Å². The molecule has 4 aromatic rings. The average Bonchev–Trinajstić information content (AvgIpc) is 3.26. The van der Waals surface area contributed by atoms with E-state index in [1.54, 1.807) is 42.2 Å². The fourth-order valence-electron chi connectivity index (χ4n) is 5.26. The zero-order chi connectivity index (χ0) is 28.3. The van der Waals surface area contributed by atoms with E-state index in [0.717, 1.165) is 27.3 Å². The molecule has 1 saturated heterocycles. The summed E-state index contributed by atoms with van der Waals surface area (Å²) in [5.74, 6) is 0.230. The minimum absolute atomic E-state index is 0.0104. The molecule has 0 saturated carbocycles. The molecule has 2 aliphatic rings. The minimum atomic E-state index is -0.601. The van der Waals surface area contributed by atoms with Crippen LogP contribution in [-0.2, 0) is 22.6 Å². The Balaban J connectivity index is 1.21. The van der Waals surface area contributed by atoms with Gasteiger partial charge in [0.25, 0.3) is 11.8 Å². The first-order valence-corrected chi connectivity index (χ1v) is 14.6. The van der Waals surface area contributed by atoms with Gasteiger partial charge < -0.3 is 14.6 Å². The second-order valence-corrected chi connectivity index (χ2v) is 11.3. The quantitative estimate of drug-likeness (QED) is 0.208. The molecule has 6 rings (SSSR count). The Kier molecular flexibility index (Phi) is 7.98. The highest BCUT2D eigenvalue weighted by Crippen LogP contribution is 2.43. The van der Waals surface area contributed by atoms with Crippen molar-refractivity contribution in [1.29, 1.82) is 0 Å². The van der Waals surface area contributed by atoms with Gasteiger partial charge in [0.15, 0.2) is 6.29 Å². The molecule has 2 amide bonds. The Morgan fingerprint density at radius 2 is 1.44 bits per heavy atom. The van der Waals surface area contributed by atoms with Crippen LogP contribution in [0, 0.1) is 5.92 Å². The maximum atomic E-state index is 12.8. The number of imide groups is 1. The lowest BCUT2D eigenvalue weighted by Crippen LogP contribution is -2.38. The Morgan fingerprint density at radius 3 is 2.07 bits per heavy atom. The summed E-state index contributed by atoms with van der Waals surface area (Å²) >= 11 is 1.65. The molecule has 7 nitrogen and oxygen atoms in total. The number of nitrogens with zero attached hydrogens (tertiary/aromatic N) is 2. The van der Waals surface area contributed by atoms with Gasteiger partial charge in [-0.25, -0.2) is 4.98 Å². The Hall–Kier alpha value is -3.82. The fourth-order valence-corrected chi connectivity index (χ4v) is 6.28. The third kappa shape index (κ3) is 5.69. The minimum Gasteiger partial charge on any atom is -0.392 e. The SMILES string of the molecule is CC1C(CSc2ccccn2)OC(c2ccc(CN3C(=O)c4ccccc4C3=O)cc2)OC1c1ccc(CO)cc1. The predicted octanol–water partition coefficient (Wildman–Crippen LogP) is 5.95. The lowest BCUT2D eigenvalue weighted by atomic mass is 9.91. The number of hydrogen-bond acceptors (Lipinski definition) is 7. The third-order valence-electron chi connectivity index (χ3n) is 7.63. The highest BCUT2D eigenvalue weighted by molar-refractivity contribution is 7.99. The summed E-state index contributed by atoms with van der Waals surface area (Å²) in [6, 6.07) is 28.3. The number of aliphatic hydroxyl groups excluding tert-OH is 1. The van der Waals surface area contributed by atoms with Gasteiger partial charge in [0.05, 0.1) is 41.5 Å². The maximum Gasteiger partial charge on any atom is 0.261 e. The topological polar surface area (TPSA) is 89.0 Å². The Bertz CT molecular complexity index is 1490. The van der Waals surface area contributed by atoms with Crippen molar-refractivity contribution in [3.05, 3.63) is 131 Å². The zero-order valence-electron chi connectivity index (χ0n) is 22.6. The molecular formula is C33H30N2O5S. The molecule has 0 aliphatic carbocycles. The largest absolute Gasteiger partial charge is 0.392 e. The van der Waals surface area contributed by atoms with E-state index < -0.39 is 6.29 Å². The average molecular weight is 567 g/mol. The number of benzene rings is 3. The summed E-state index contributed by atoms with van der Waals surface area (Å²) < 4.78 is 13.1. The van der Waals surface area contributed by atoms with Crippen LogP contribution >= 0.6 is 11.8 Å². The second kappa shape index (κ2) is 12.0. The van der Waals surface area contributed by atoms with Crippen molar-refractivity contribution < 1.29 is 24.2 Å². The van der Waals surface area contributed by atoms with Crippen LogP contribution in [0.25, 0.3) is 0 Å². The molecule has 8 heteroatoms. The number of amides is 2. The molecule has 0 radical (unpaired) electrons. The van der Waals surface area contributed by atoms with Crippen molar-refractivity contribution in [1.82, 2.24) is 9.88 Å². The van der Waals surface area contributed by atoms with Crippen LogP contribution in [0.1, 0.15) is 62.3 Å². The number of pyridine rings is 1. The van der Waals surface area contributed by atoms with E-state index in [9.17, 15) is 14.7 Å². The number of hydrogen-bond donors (Lipinski definition) is 1. The van der Waals surface area contributed by atoms with E-state index >= 15 is 0 Å². The van der Waals surface area contributed by atoms with Crippen molar-refractivity contribution in [3.63, 3.8) is 0 Å². The van der Waals surface area contributed by atoms with Crippen LogP contribution in [0.5, 0.6) is 0 Å². The Labute approximate surface area is 243 Å². The summed E-state index contributed by atoms with van der Waals surface area (Å²) in [6.45, 7) is 2.32. The molecule has 2 aliphatic heterocycles. The number of aliphatic hydroxyl groups is 1. The first kappa shape index (κ1) is 27.4. The van der Waals surface area contributed by atoms with Gasteiger partial charge in [-0.15, -0.1) is 11.8 Å². The molecule has 3 aromatic carbocycles. The van der Waals surface area contributed by atoms with E-state index in [0.29, 0.717) is 16.9 Å². The molecule has 1 N–H and O–H groups in total. The molecule has 41 heavy (non-hydrogen) atoms. The van der Waals surface area contributed by atoms with E-state index in [1.165, 1.54) is 4.90 Å². The van der Waals surface area contributed by atoms with E-state index in [2.05, 4.69) is 11.9 Å². The molecular weight excluding hydrogens is 536 g/mol. The number of carbonyl (C=O) groups is 2. The van der Waals surface area contributed by atoms with Crippen molar-refractivity contribution in [3.8, 4) is 0 Å². The van der Waals surface area contributed by atoms with Crippen molar-refractivity contribution >= 4 is 23.6 Å². The summed E-state index contributed by atoms with van der Waals surface area (Å²) in [7, 11) is 0. The monoisotopic (exact) mass is 566 g/mol. The van der Waals surface area contributed by atoms with Gasteiger partial charge in [0.1, 0.15) is 0 Å². The molecule has 4 unspecified atom stereocenters. The van der Waals surface area contributed by atoms with Crippen molar-refractivity contribution in [2.45, 2.75) is 43.6 Å². The number of ether oxygens (including phenoxy) is 2. The number of carbonyl (C=O) groups excluding carboxylic acids is 2. The van der Waals surface area contributed by atoms with Gasteiger partial charge in [-0.1, -0.05) is 73.7 Å². The molecule has 0 spiro atoms. The molecule has 1 fully saturated rings. The molecule has 3 heterocycles. The van der Waals surface area contributed by atoms with Crippen LogP contribution in [0.4, 0.5) is 0 Å².